The van der Waals surface area contributed by atoms with Crippen LogP contribution in [0.5, 0.6) is 0 Å². The molecule has 7 nitrogen and oxygen atoms in total. The van der Waals surface area contributed by atoms with Crippen molar-refractivity contribution in [3.63, 3.8) is 0 Å². The van der Waals surface area contributed by atoms with Gasteiger partial charge in [0.25, 0.3) is 0 Å². The van der Waals surface area contributed by atoms with Crippen LogP contribution < -0.4 is 10.6 Å². The molecule has 2 N–H and O–H groups in total. The minimum Gasteiger partial charge on any atom is -0.460 e. The number of nitrogens with one attached hydrogen (secondary N) is 2. The highest BCUT2D eigenvalue weighted by atomic mass is 16.6. The lowest BCUT2D eigenvalue weighted by atomic mass is 10.0. The summed E-state index contributed by atoms with van der Waals surface area (Å²) in [5.74, 6) is 1.58. The zero-order chi connectivity index (χ0) is 22.5. The van der Waals surface area contributed by atoms with Gasteiger partial charge < -0.3 is 25.0 Å². The van der Waals surface area contributed by atoms with E-state index in [0.717, 1.165) is 77.0 Å². The molecule has 2 aliphatic heterocycles. The van der Waals surface area contributed by atoms with Crippen molar-refractivity contribution in [3.8, 4) is 0 Å². The van der Waals surface area contributed by atoms with E-state index >= 15 is 0 Å². The van der Waals surface area contributed by atoms with Gasteiger partial charge in [0.1, 0.15) is 5.60 Å². The normalized spacial score (nSPS) is 21.3. The highest BCUT2D eigenvalue weighted by Gasteiger charge is 2.24. The molecule has 2 heterocycles. The van der Waals surface area contributed by atoms with Crippen molar-refractivity contribution in [2.24, 2.45) is 10.9 Å². The Balaban J connectivity index is 1.57. The van der Waals surface area contributed by atoms with Gasteiger partial charge in [-0.15, -0.1) is 0 Å². The van der Waals surface area contributed by atoms with Gasteiger partial charge in [0.05, 0.1) is 6.61 Å². The molecule has 2 aliphatic rings. The third-order valence-electron chi connectivity index (χ3n) is 5.79. The molecule has 0 saturated carbocycles. The molecule has 31 heavy (non-hydrogen) atoms. The van der Waals surface area contributed by atoms with Crippen molar-refractivity contribution in [1.29, 1.82) is 0 Å². The van der Waals surface area contributed by atoms with Crippen molar-refractivity contribution < 1.29 is 14.3 Å². The molecule has 0 aromatic carbocycles. The van der Waals surface area contributed by atoms with E-state index in [-0.39, 0.29) is 11.6 Å². The second-order valence-corrected chi connectivity index (χ2v) is 9.96. The van der Waals surface area contributed by atoms with E-state index < -0.39 is 0 Å². The molecule has 0 amide bonds. The Morgan fingerprint density at radius 2 is 1.87 bits per heavy atom. The summed E-state index contributed by atoms with van der Waals surface area (Å²) in [5.41, 5.74) is -0.386. The van der Waals surface area contributed by atoms with Crippen molar-refractivity contribution in [2.45, 2.75) is 90.7 Å². The number of likely N-dealkylation sites (tertiary alicyclic amines) is 1. The molecule has 1 atom stereocenters. The molecular weight excluding hydrogens is 392 g/mol. The van der Waals surface area contributed by atoms with E-state index in [9.17, 15) is 4.79 Å². The molecule has 2 rings (SSSR count). The van der Waals surface area contributed by atoms with Crippen LogP contribution in [0.15, 0.2) is 4.99 Å². The van der Waals surface area contributed by atoms with Gasteiger partial charge in [-0.1, -0.05) is 12.8 Å². The molecule has 2 fully saturated rings. The maximum atomic E-state index is 11.7. The number of piperidine rings is 1. The number of aliphatic imine (C=N–C) groups is 1. The van der Waals surface area contributed by atoms with Crippen molar-refractivity contribution >= 4 is 11.9 Å². The zero-order valence-electron chi connectivity index (χ0n) is 20.4. The van der Waals surface area contributed by atoms with Gasteiger partial charge in [-0.05, 0) is 65.7 Å². The fraction of sp³-hybridized carbons (Fsp3) is 0.917. The Morgan fingerprint density at radius 1 is 1.13 bits per heavy atom. The fourth-order valence-electron chi connectivity index (χ4n) is 4.18. The summed E-state index contributed by atoms with van der Waals surface area (Å²) in [5, 5.41) is 7.02. The van der Waals surface area contributed by atoms with E-state index in [4.69, 9.17) is 14.5 Å². The number of ether oxygens (including phenoxy) is 2. The minimum absolute atomic E-state index is 0.0909. The molecule has 0 aromatic rings. The first kappa shape index (κ1) is 25.9. The third-order valence-corrected chi connectivity index (χ3v) is 5.79. The van der Waals surface area contributed by atoms with Crippen LogP contribution in [-0.4, -0.2) is 74.4 Å². The summed E-state index contributed by atoms with van der Waals surface area (Å²) in [6.45, 7) is 14.9. The Kier molecular flexibility index (Phi) is 11.7. The van der Waals surface area contributed by atoms with Crippen molar-refractivity contribution in [1.82, 2.24) is 15.5 Å². The largest absolute Gasteiger partial charge is 0.460 e. The van der Waals surface area contributed by atoms with Crippen LogP contribution in [0, 0.1) is 5.92 Å². The van der Waals surface area contributed by atoms with E-state index in [2.05, 4.69) is 22.5 Å². The number of rotatable bonds is 11. The Bertz CT molecular complexity index is 533. The standard InChI is InChI=1S/C24H46N4O3/c1-5-25-23(26-14-9-7-6-8-10-22(29)31-24(2,3)4)27-21-11-15-28(16-12-21)18-20-13-17-30-19-20/h20-21H,5-19H2,1-4H3,(H2,25,26,27). The predicted octanol–water partition coefficient (Wildman–Crippen LogP) is 3.33. The molecule has 0 aliphatic carbocycles. The van der Waals surface area contributed by atoms with Gasteiger partial charge in [0, 0.05) is 51.8 Å². The Morgan fingerprint density at radius 3 is 2.52 bits per heavy atom. The van der Waals surface area contributed by atoms with Gasteiger partial charge in [0.2, 0.25) is 0 Å². The number of nitrogens with zero attached hydrogens (tertiary/aromatic N) is 2. The first-order chi connectivity index (χ1) is 14.9. The van der Waals surface area contributed by atoms with Crippen LogP contribution in [0.4, 0.5) is 0 Å². The highest BCUT2D eigenvalue weighted by Crippen LogP contribution is 2.17. The van der Waals surface area contributed by atoms with Crippen LogP contribution in [0.3, 0.4) is 0 Å². The van der Waals surface area contributed by atoms with Gasteiger partial charge in [-0.3, -0.25) is 9.79 Å². The van der Waals surface area contributed by atoms with Crippen LogP contribution in [0.2, 0.25) is 0 Å². The molecule has 180 valence electrons. The molecule has 1 unspecified atom stereocenters. The summed E-state index contributed by atoms with van der Waals surface area (Å²) in [6.07, 6.45) is 8.15. The van der Waals surface area contributed by atoms with E-state index in [1.807, 2.05) is 20.8 Å². The lowest BCUT2D eigenvalue weighted by Gasteiger charge is -2.34. The molecule has 0 radical (unpaired) electrons. The predicted molar refractivity (Wildman–Crippen MR) is 126 cm³/mol. The second-order valence-electron chi connectivity index (χ2n) is 9.96. The lowest BCUT2D eigenvalue weighted by Crippen LogP contribution is -2.49. The number of guanidine groups is 1. The lowest BCUT2D eigenvalue weighted by molar-refractivity contribution is -0.154. The van der Waals surface area contributed by atoms with E-state index in [1.54, 1.807) is 0 Å². The molecule has 0 bridgehead atoms. The van der Waals surface area contributed by atoms with Gasteiger partial charge >= 0.3 is 5.97 Å². The van der Waals surface area contributed by atoms with Gasteiger partial charge in [-0.25, -0.2) is 0 Å². The van der Waals surface area contributed by atoms with Crippen LogP contribution in [-0.2, 0) is 14.3 Å². The summed E-state index contributed by atoms with van der Waals surface area (Å²) in [7, 11) is 0. The first-order valence-electron chi connectivity index (χ1n) is 12.4. The SMILES string of the molecule is CCNC(=NCCCCCCC(=O)OC(C)(C)C)NC1CCN(CC2CCOC2)CC1. The Hall–Kier alpha value is -1.34. The maximum Gasteiger partial charge on any atom is 0.306 e. The minimum atomic E-state index is -0.386. The average Bonchev–Trinajstić information content (AvgIpc) is 3.20. The first-order valence-corrected chi connectivity index (χ1v) is 12.4. The number of carbonyl (C=O) groups excluding carboxylic acids is 1. The quantitative estimate of drug-likeness (QED) is 0.223. The molecule has 0 aromatic heterocycles. The number of hydrogen-bond donors (Lipinski definition) is 2. The third kappa shape index (κ3) is 11.7. The maximum absolute atomic E-state index is 11.7. The monoisotopic (exact) mass is 438 g/mol. The molecular formula is C24H46N4O3. The number of esters is 1. The van der Waals surface area contributed by atoms with Gasteiger partial charge in [0.15, 0.2) is 5.96 Å². The summed E-state index contributed by atoms with van der Waals surface area (Å²) < 4.78 is 10.9. The summed E-state index contributed by atoms with van der Waals surface area (Å²) in [4.78, 5) is 19.1. The average molecular weight is 439 g/mol. The molecule has 2 saturated heterocycles. The number of unbranched alkanes of at least 4 members (excludes halogenated alkanes) is 3. The number of carbonyl (C=O) groups is 1. The Labute approximate surface area is 189 Å². The smallest absolute Gasteiger partial charge is 0.306 e. The van der Waals surface area contributed by atoms with Crippen LogP contribution >= 0.6 is 0 Å². The fourth-order valence-corrected chi connectivity index (χ4v) is 4.18. The molecule has 0 spiro atoms. The van der Waals surface area contributed by atoms with Crippen molar-refractivity contribution in [2.75, 3.05) is 45.9 Å². The van der Waals surface area contributed by atoms with E-state index in [0.29, 0.717) is 12.5 Å². The summed E-state index contributed by atoms with van der Waals surface area (Å²) >= 11 is 0. The van der Waals surface area contributed by atoms with Crippen molar-refractivity contribution in [3.05, 3.63) is 0 Å². The molecule has 7 heteroatoms. The topological polar surface area (TPSA) is 75.2 Å². The van der Waals surface area contributed by atoms with Crippen LogP contribution in [0.25, 0.3) is 0 Å². The van der Waals surface area contributed by atoms with Gasteiger partial charge in [-0.2, -0.15) is 0 Å². The van der Waals surface area contributed by atoms with Crippen LogP contribution in [0.1, 0.15) is 79.1 Å². The van der Waals surface area contributed by atoms with E-state index in [1.165, 1.54) is 25.8 Å². The summed E-state index contributed by atoms with van der Waals surface area (Å²) in [6, 6.07) is 0.503. The zero-order valence-corrected chi connectivity index (χ0v) is 20.4. The second kappa shape index (κ2) is 13.9. The highest BCUT2D eigenvalue weighted by molar-refractivity contribution is 5.80. The number of hydrogen-bond acceptors (Lipinski definition) is 5.